The predicted octanol–water partition coefficient (Wildman–Crippen LogP) is 3.02. The zero-order valence-corrected chi connectivity index (χ0v) is 11.5. The van der Waals surface area contributed by atoms with Gasteiger partial charge in [0.25, 0.3) is 5.56 Å². The molecule has 1 aromatic heterocycles. The molecule has 1 heterocycles. The molecule has 0 spiro atoms. The Balaban J connectivity index is 2.76. The van der Waals surface area contributed by atoms with Gasteiger partial charge in [0.15, 0.2) is 11.6 Å². The summed E-state index contributed by atoms with van der Waals surface area (Å²) in [5.74, 6) is -0.729. The summed E-state index contributed by atoms with van der Waals surface area (Å²) in [7, 11) is 1.31. The second kappa shape index (κ2) is 5.35. The SMILES string of the molecule is COc1c(F)cc(-c2cc(C)[nH]c(=O)c2C#N)cc1Cl. The molecule has 1 N–H and O–H groups in total. The van der Waals surface area contributed by atoms with Gasteiger partial charge in [0.1, 0.15) is 11.6 Å². The van der Waals surface area contributed by atoms with Crippen molar-refractivity contribution in [3.8, 4) is 22.9 Å². The summed E-state index contributed by atoms with van der Waals surface area (Å²) < 4.78 is 18.7. The van der Waals surface area contributed by atoms with Gasteiger partial charge in [-0.25, -0.2) is 4.39 Å². The number of hydrogen-bond donors (Lipinski definition) is 1. The van der Waals surface area contributed by atoms with Crippen molar-refractivity contribution in [2.75, 3.05) is 7.11 Å². The van der Waals surface area contributed by atoms with Crippen molar-refractivity contribution in [2.24, 2.45) is 0 Å². The first-order chi connectivity index (χ1) is 9.47. The number of benzene rings is 1. The van der Waals surface area contributed by atoms with Crippen LogP contribution in [0.3, 0.4) is 0 Å². The standard InChI is InChI=1S/C14H10ClFN2O2/c1-7-3-9(10(6-17)14(19)18-7)8-4-11(15)13(20-2)12(16)5-8/h3-5H,1-2H3,(H,18,19). The lowest BCUT2D eigenvalue weighted by atomic mass is 10.0. The number of methoxy groups -OCH3 is 1. The van der Waals surface area contributed by atoms with Gasteiger partial charge in [0.05, 0.1) is 12.1 Å². The number of hydrogen-bond acceptors (Lipinski definition) is 3. The number of nitrogens with zero attached hydrogens (tertiary/aromatic N) is 1. The third-order valence-electron chi connectivity index (χ3n) is 2.79. The minimum Gasteiger partial charge on any atom is -0.492 e. The van der Waals surface area contributed by atoms with Crippen molar-refractivity contribution >= 4 is 11.6 Å². The highest BCUT2D eigenvalue weighted by Crippen LogP contribution is 2.33. The fourth-order valence-electron chi connectivity index (χ4n) is 1.94. The molecule has 102 valence electrons. The molecule has 4 nitrogen and oxygen atoms in total. The lowest BCUT2D eigenvalue weighted by molar-refractivity contribution is 0.387. The maximum atomic E-state index is 13.9. The third-order valence-corrected chi connectivity index (χ3v) is 3.07. The van der Waals surface area contributed by atoms with Gasteiger partial charge in [-0.2, -0.15) is 5.26 Å². The molecule has 2 rings (SSSR count). The number of aryl methyl sites for hydroxylation is 1. The van der Waals surface area contributed by atoms with Gasteiger partial charge < -0.3 is 9.72 Å². The van der Waals surface area contributed by atoms with Crippen LogP contribution in [0.15, 0.2) is 23.0 Å². The monoisotopic (exact) mass is 292 g/mol. The minimum absolute atomic E-state index is 0.0734. The summed E-state index contributed by atoms with van der Waals surface area (Å²) >= 11 is 5.93. The van der Waals surface area contributed by atoms with Crippen molar-refractivity contribution in [1.29, 1.82) is 5.26 Å². The topological polar surface area (TPSA) is 65.9 Å². The van der Waals surface area contributed by atoms with Gasteiger partial charge in [-0.15, -0.1) is 0 Å². The van der Waals surface area contributed by atoms with Gasteiger partial charge >= 0.3 is 0 Å². The third kappa shape index (κ3) is 2.38. The number of pyridine rings is 1. The van der Waals surface area contributed by atoms with Crippen LogP contribution >= 0.6 is 11.6 Å². The number of nitriles is 1. The molecule has 1 aromatic carbocycles. The van der Waals surface area contributed by atoms with Crippen LogP contribution in [-0.2, 0) is 0 Å². The predicted molar refractivity (Wildman–Crippen MR) is 73.5 cm³/mol. The van der Waals surface area contributed by atoms with Crippen molar-refractivity contribution in [1.82, 2.24) is 4.98 Å². The highest BCUT2D eigenvalue weighted by molar-refractivity contribution is 6.32. The highest BCUT2D eigenvalue weighted by atomic mass is 35.5. The van der Waals surface area contributed by atoms with Crippen LogP contribution < -0.4 is 10.3 Å². The van der Waals surface area contributed by atoms with Crippen LogP contribution in [0.4, 0.5) is 4.39 Å². The fourth-order valence-corrected chi connectivity index (χ4v) is 2.22. The van der Waals surface area contributed by atoms with Crippen molar-refractivity contribution in [3.05, 3.63) is 50.7 Å². The molecule has 0 radical (unpaired) electrons. The Hall–Kier alpha value is -2.32. The van der Waals surface area contributed by atoms with Crippen LogP contribution in [0.25, 0.3) is 11.1 Å². The quantitative estimate of drug-likeness (QED) is 0.925. The summed E-state index contributed by atoms with van der Waals surface area (Å²) in [5.41, 5.74) is 0.638. The van der Waals surface area contributed by atoms with Crippen LogP contribution in [0.2, 0.25) is 5.02 Å². The normalized spacial score (nSPS) is 10.2. The smallest absolute Gasteiger partial charge is 0.266 e. The number of nitrogens with one attached hydrogen (secondary N) is 1. The molecule has 2 aromatic rings. The van der Waals surface area contributed by atoms with Crippen LogP contribution in [0, 0.1) is 24.1 Å². The highest BCUT2D eigenvalue weighted by Gasteiger charge is 2.15. The van der Waals surface area contributed by atoms with Crippen molar-refractivity contribution < 1.29 is 9.13 Å². The molecule has 0 aliphatic heterocycles. The second-order valence-corrected chi connectivity index (χ2v) is 4.56. The molecule has 0 fully saturated rings. The van der Waals surface area contributed by atoms with E-state index in [1.165, 1.54) is 19.2 Å². The summed E-state index contributed by atoms with van der Waals surface area (Å²) in [6.45, 7) is 1.67. The average Bonchev–Trinajstić information content (AvgIpc) is 2.37. The van der Waals surface area contributed by atoms with E-state index in [4.69, 9.17) is 21.6 Å². The first kappa shape index (κ1) is 14.1. The average molecular weight is 293 g/mol. The molecule has 0 atom stereocenters. The molecule has 0 saturated heterocycles. The maximum absolute atomic E-state index is 13.9. The van der Waals surface area contributed by atoms with Gasteiger partial charge in [-0.05, 0) is 30.7 Å². The van der Waals surface area contributed by atoms with Crippen molar-refractivity contribution in [2.45, 2.75) is 6.92 Å². The zero-order chi connectivity index (χ0) is 14.9. The second-order valence-electron chi connectivity index (χ2n) is 4.16. The summed E-state index contributed by atoms with van der Waals surface area (Å²) in [6.07, 6.45) is 0. The van der Waals surface area contributed by atoms with E-state index in [-0.39, 0.29) is 16.3 Å². The molecule has 0 aliphatic rings. The largest absolute Gasteiger partial charge is 0.492 e. The van der Waals surface area contributed by atoms with Gasteiger partial charge in [0, 0.05) is 11.3 Å². The van der Waals surface area contributed by atoms with E-state index < -0.39 is 11.4 Å². The molecular weight excluding hydrogens is 283 g/mol. The fraction of sp³-hybridized carbons (Fsp3) is 0.143. The van der Waals surface area contributed by atoms with E-state index >= 15 is 0 Å². The van der Waals surface area contributed by atoms with Crippen LogP contribution in [-0.4, -0.2) is 12.1 Å². The first-order valence-electron chi connectivity index (χ1n) is 5.65. The van der Waals surface area contributed by atoms with Gasteiger partial charge in [0.2, 0.25) is 0 Å². The van der Waals surface area contributed by atoms with E-state index in [2.05, 4.69) is 4.98 Å². The molecular formula is C14H10ClFN2O2. The Morgan fingerprint density at radius 1 is 1.40 bits per heavy atom. The lowest BCUT2D eigenvalue weighted by Crippen LogP contribution is -2.12. The molecule has 0 saturated carbocycles. The van der Waals surface area contributed by atoms with E-state index in [9.17, 15) is 9.18 Å². The molecule has 0 amide bonds. The van der Waals surface area contributed by atoms with E-state index in [1.807, 2.05) is 6.07 Å². The Bertz CT molecular complexity index is 755. The Labute approximate surface area is 119 Å². The maximum Gasteiger partial charge on any atom is 0.266 e. The van der Waals surface area contributed by atoms with Gasteiger partial charge in [-0.1, -0.05) is 11.6 Å². The Kier molecular flexibility index (Phi) is 3.77. The van der Waals surface area contributed by atoms with E-state index in [0.717, 1.165) is 0 Å². The number of halogens is 2. The molecule has 0 bridgehead atoms. The summed E-state index contributed by atoms with van der Waals surface area (Å²) in [5, 5.41) is 9.14. The molecule has 0 aliphatic carbocycles. The number of rotatable bonds is 2. The summed E-state index contributed by atoms with van der Waals surface area (Å²) in [6, 6.07) is 6.05. The molecule has 20 heavy (non-hydrogen) atoms. The Morgan fingerprint density at radius 2 is 2.10 bits per heavy atom. The number of ether oxygens (including phenoxy) is 1. The van der Waals surface area contributed by atoms with E-state index in [1.54, 1.807) is 13.0 Å². The number of H-pyrrole nitrogens is 1. The lowest BCUT2D eigenvalue weighted by Gasteiger charge is -2.09. The molecule has 0 unspecified atom stereocenters. The minimum atomic E-state index is -0.656. The number of aromatic amines is 1. The van der Waals surface area contributed by atoms with E-state index in [0.29, 0.717) is 16.8 Å². The summed E-state index contributed by atoms with van der Waals surface area (Å²) in [4.78, 5) is 14.3. The number of aromatic nitrogens is 1. The van der Waals surface area contributed by atoms with Crippen LogP contribution in [0.5, 0.6) is 5.75 Å². The molecule has 6 heteroatoms. The first-order valence-corrected chi connectivity index (χ1v) is 6.03. The van der Waals surface area contributed by atoms with Gasteiger partial charge in [-0.3, -0.25) is 4.79 Å². The van der Waals surface area contributed by atoms with Crippen LogP contribution in [0.1, 0.15) is 11.3 Å². The Morgan fingerprint density at radius 3 is 2.65 bits per heavy atom. The zero-order valence-electron chi connectivity index (χ0n) is 10.8. The van der Waals surface area contributed by atoms with Crippen molar-refractivity contribution in [3.63, 3.8) is 0 Å².